The van der Waals surface area contributed by atoms with Crippen LogP contribution in [0.4, 0.5) is 0 Å². The molecule has 5 nitrogen and oxygen atoms in total. The highest BCUT2D eigenvalue weighted by Gasteiger charge is 2.05. The first-order chi connectivity index (χ1) is 9.67. The number of aryl methyl sites for hydroxylation is 2. The number of nitrogens with zero attached hydrogens (tertiary/aromatic N) is 2. The van der Waals surface area contributed by atoms with Crippen molar-refractivity contribution in [3.63, 3.8) is 0 Å². The highest BCUT2D eigenvalue weighted by molar-refractivity contribution is 7.11. The SMILES string of the molecule is CCOCCCN=C(N)NCCc1nc(CC)c(C)s1. The minimum atomic E-state index is 0.505. The lowest BCUT2D eigenvalue weighted by Gasteiger charge is -2.04. The molecule has 0 saturated carbocycles. The van der Waals surface area contributed by atoms with E-state index in [1.165, 1.54) is 10.6 Å². The number of aliphatic imine (C=N–C) groups is 1. The molecule has 1 aromatic heterocycles. The highest BCUT2D eigenvalue weighted by Crippen LogP contribution is 2.17. The van der Waals surface area contributed by atoms with Gasteiger partial charge in [-0.25, -0.2) is 4.98 Å². The summed E-state index contributed by atoms with van der Waals surface area (Å²) in [6.07, 6.45) is 2.79. The molecule has 1 rings (SSSR count). The fraction of sp³-hybridized carbons (Fsp3) is 0.714. The van der Waals surface area contributed by atoms with Crippen molar-refractivity contribution in [2.75, 3.05) is 26.3 Å². The summed E-state index contributed by atoms with van der Waals surface area (Å²) in [4.78, 5) is 10.2. The predicted molar refractivity (Wildman–Crippen MR) is 85.5 cm³/mol. The van der Waals surface area contributed by atoms with Crippen molar-refractivity contribution < 1.29 is 4.74 Å². The lowest BCUT2D eigenvalue weighted by atomic mass is 10.3. The summed E-state index contributed by atoms with van der Waals surface area (Å²) >= 11 is 1.77. The summed E-state index contributed by atoms with van der Waals surface area (Å²) in [7, 11) is 0. The van der Waals surface area contributed by atoms with Crippen molar-refractivity contribution in [2.45, 2.75) is 40.0 Å². The Balaban J connectivity index is 2.20. The second kappa shape index (κ2) is 9.72. The molecular weight excluding hydrogens is 272 g/mol. The first-order valence-corrected chi connectivity index (χ1v) is 8.05. The third kappa shape index (κ3) is 6.34. The van der Waals surface area contributed by atoms with E-state index in [-0.39, 0.29) is 0 Å². The van der Waals surface area contributed by atoms with Crippen molar-refractivity contribution in [2.24, 2.45) is 10.7 Å². The van der Waals surface area contributed by atoms with Gasteiger partial charge in [-0.05, 0) is 26.7 Å². The number of nitrogens with two attached hydrogens (primary N) is 1. The molecule has 0 aliphatic carbocycles. The van der Waals surface area contributed by atoms with Gasteiger partial charge < -0.3 is 15.8 Å². The van der Waals surface area contributed by atoms with Gasteiger partial charge in [0, 0.05) is 37.6 Å². The van der Waals surface area contributed by atoms with Gasteiger partial charge in [-0.2, -0.15) is 0 Å². The Hall–Kier alpha value is -1.14. The molecule has 0 aliphatic heterocycles. The summed E-state index contributed by atoms with van der Waals surface area (Å²) in [5.41, 5.74) is 7.01. The standard InChI is InChI=1S/C14H26N4OS/c1-4-12-11(3)20-13(18-12)7-9-17-14(15)16-8-6-10-19-5-2/h4-10H2,1-3H3,(H3,15,16,17). The molecule has 20 heavy (non-hydrogen) atoms. The van der Waals surface area contributed by atoms with Gasteiger partial charge in [0.1, 0.15) is 0 Å². The lowest BCUT2D eigenvalue weighted by Crippen LogP contribution is -2.33. The second-order valence-electron chi connectivity index (χ2n) is 4.46. The molecule has 6 heteroatoms. The molecule has 0 amide bonds. The van der Waals surface area contributed by atoms with E-state index >= 15 is 0 Å². The number of hydrogen-bond acceptors (Lipinski definition) is 4. The van der Waals surface area contributed by atoms with Crippen molar-refractivity contribution >= 4 is 17.3 Å². The van der Waals surface area contributed by atoms with Gasteiger partial charge in [-0.15, -0.1) is 11.3 Å². The van der Waals surface area contributed by atoms with E-state index in [4.69, 9.17) is 10.5 Å². The van der Waals surface area contributed by atoms with Crippen molar-refractivity contribution in [3.05, 3.63) is 15.6 Å². The molecule has 1 aromatic rings. The molecule has 114 valence electrons. The van der Waals surface area contributed by atoms with Crippen LogP contribution in [0, 0.1) is 6.92 Å². The first kappa shape index (κ1) is 16.9. The van der Waals surface area contributed by atoms with Crippen LogP contribution in [0.3, 0.4) is 0 Å². The zero-order valence-corrected chi connectivity index (χ0v) is 13.6. The largest absolute Gasteiger partial charge is 0.382 e. The Labute approximate surface area is 125 Å². The fourth-order valence-corrected chi connectivity index (χ4v) is 2.81. The van der Waals surface area contributed by atoms with E-state index in [0.717, 1.165) is 44.0 Å². The average Bonchev–Trinajstić information content (AvgIpc) is 2.79. The normalized spacial score (nSPS) is 11.8. The van der Waals surface area contributed by atoms with Gasteiger partial charge in [-0.1, -0.05) is 6.92 Å². The maximum atomic E-state index is 5.79. The van der Waals surface area contributed by atoms with Gasteiger partial charge in [-0.3, -0.25) is 4.99 Å². The highest BCUT2D eigenvalue weighted by atomic mass is 32.1. The van der Waals surface area contributed by atoms with E-state index in [2.05, 4.69) is 29.1 Å². The smallest absolute Gasteiger partial charge is 0.188 e. The zero-order valence-electron chi connectivity index (χ0n) is 12.7. The van der Waals surface area contributed by atoms with Gasteiger partial charge >= 0.3 is 0 Å². The zero-order chi connectivity index (χ0) is 14.8. The number of hydrogen-bond donors (Lipinski definition) is 2. The lowest BCUT2D eigenvalue weighted by molar-refractivity contribution is 0.146. The minimum absolute atomic E-state index is 0.505. The maximum Gasteiger partial charge on any atom is 0.188 e. The molecule has 0 spiro atoms. The maximum absolute atomic E-state index is 5.79. The van der Waals surface area contributed by atoms with Crippen LogP contribution in [0.1, 0.15) is 35.8 Å². The Kier molecular flexibility index (Phi) is 8.22. The number of rotatable bonds is 9. The molecular formula is C14H26N4OS. The number of guanidine groups is 1. The molecule has 0 radical (unpaired) electrons. The van der Waals surface area contributed by atoms with Gasteiger partial charge in [0.05, 0.1) is 10.7 Å². The molecule has 0 aromatic carbocycles. The average molecular weight is 298 g/mol. The molecule has 3 N–H and O–H groups in total. The van der Waals surface area contributed by atoms with E-state index < -0.39 is 0 Å². The Bertz CT molecular complexity index is 417. The van der Waals surface area contributed by atoms with E-state index in [0.29, 0.717) is 12.5 Å². The topological polar surface area (TPSA) is 72.5 Å². The van der Waals surface area contributed by atoms with E-state index in [1.54, 1.807) is 11.3 Å². The van der Waals surface area contributed by atoms with Crippen LogP contribution in [0.2, 0.25) is 0 Å². The number of ether oxygens (including phenoxy) is 1. The van der Waals surface area contributed by atoms with Crippen LogP contribution < -0.4 is 11.1 Å². The van der Waals surface area contributed by atoms with Crippen LogP contribution in [-0.2, 0) is 17.6 Å². The molecule has 0 aliphatic rings. The molecule has 0 fully saturated rings. The monoisotopic (exact) mass is 298 g/mol. The molecule has 1 heterocycles. The third-order valence-corrected chi connectivity index (χ3v) is 3.92. The fourth-order valence-electron chi connectivity index (χ4n) is 1.79. The first-order valence-electron chi connectivity index (χ1n) is 7.24. The Morgan fingerprint density at radius 2 is 2.25 bits per heavy atom. The van der Waals surface area contributed by atoms with Gasteiger partial charge in [0.25, 0.3) is 0 Å². The molecule has 0 atom stereocenters. The number of nitrogens with one attached hydrogen (secondary N) is 1. The number of thiazole rings is 1. The summed E-state index contributed by atoms with van der Waals surface area (Å²) in [6, 6.07) is 0. The molecule has 0 saturated heterocycles. The van der Waals surface area contributed by atoms with Crippen LogP contribution in [0.25, 0.3) is 0 Å². The Morgan fingerprint density at radius 1 is 1.45 bits per heavy atom. The Morgan fingerprint density at radius 3 is 2.90 bits per heavy atom. The van der Waals surface area contributed by atoms with Crippen molar-refractivity contribution in [1.82, 2.24) is 10.3 Å². The quantitative estimate of drug-likeness (QED) is 0.415. The predicted octanol–water partition coefficient (Wildman–Crippen LogP) is 1.89. The van der Waals surface area contributed by atoms with Gasteiger partial charge in [0.15, 0.2) is 5.96 Å². The summed E-state index contributed by atoms with van der Waals surface area (Å²) in [5, 5.41) is 4.29. The minimum Gasteiger partial charge on any atom is -0.382 e. The van der Waals surface area contributed by atoms with Crippen LogP contribution in [0.5, 0.6) is 0 Å². The van der Waals surface area contributed by atoms with E-state index in [1.807, 2.05) is 6.92 Å². The van der Waals surface area contributed by atoms with Crippen molar-refractivity contribution in [3.8, 4) is 0 Å². The molecule has 0 unspecified atom stereocenters. The van der Waals surface area contributed by atoms with Crippen LogP contribution in [0.15, 0.2) is 4.99 Å². The van der Waals surface area contributed by atoms with Crippen LogP contribution in [-0.4, -0.2) is 37.2 Å². The van der Waals surface area contributed by atoms with Crippen LogP contribution >= 0.6 is 11.3 Å². The summed E-state index contributed by atoms with van der Waals surface area (Å²) < 4.78 is 5.24. The second-order valence-corrected chi connectivity index (χ2v) is 5.75. The molecule has 0 bridgehead atoms. The van der Waals surface area contributed by atoms with Crippen molar-refractivity contribution in [1.29, 1.82) is 0 Å². The summed E-state index contributed by atoms with van der Waals surface area (Å²) in [5.74, 6) is 0.505. The van der Waals surface area contributed by atoms with Gasteiger partial charge in [0.2, 0.25) is 0 Å². The van der Waals surface area contributed by atoms with E-state index in [9.17, 15) is 0 Å². The summed E-state index contributed by atoms with van der Waals surface area (Å²) in [6.45, 7) is 9.23. The third-order valence-electron chi connectivity index (χ3n) is 2.85. The number of aromatic nitrogens is 1.